The van der Waals surface area contributed by atoms with Gasteiger partial charge in [-0.05, 0) is 19.9 Å². The van der Waals surface area contributed by atoms with E-state index in [0.29, 0.717) is 6.54 Å². The first-order valence-corrected chi connectivity index (χ1v) is 8.66. The molecule has 1 saturated heterocycles. The molecular formula is C14H27N3OS. The molecule has 1 aliphatic carbocycles. The van der Waals surface area contributed by atoms with E-state index < -0.39 is 0 Å². The highest BCUT2D eigenvalue weighted by Crippen LogP contribution is 2.34. The third kappa shape index (κ3) is 4.10. The van der Waals surface area contributed by atoms with Gasteiger partial charge in [-0.3, -0.25) is 9.69 Å². The number of rotatable bonds is 5. The molecule has 1 saturated carbocycles. The van der Waals surface area contributed by atoms with E-state index in [2.05, 4.69) is 27.3 Å². The Hall–Kier alpha value is -0.260. The molecule has 110 valence electrons. The molecule has 2 rings (SSSR count). The Morgan fingerprint density at radius 1 is 1.21 bits per heavy atom. The molecule has 0 aromatic rings. The normalized spacial score (nSPS) is 24.1. The number of likely N-dealkylation sites (N-methyl/N-ethyl adjacent to an activating group) is 1. The Balaban J connectivity index is 1.95. The fourth-order valence-electron chi connectivity index (χ4n) is 3.34. The molecule has 1 aliphatic heterocycles. The van der Waals surface area contributed by atoms with Crippen LogP contribution in [0.2, 0.25) is 0 Å². The lowest BCUT2D eigenvalue weighted by Gasteiger charge is -2.48. The number of nitrogens with one attached hydrogen (secondary N) is 2. The number of nitrogens with zero attached hydrogens (tertiary/aromatic N) is 1. The average molecular weight is 285 g/mol. The fourth-order valence-corrected chi connectivity index (χ4v) is 4.24. The van der Waals surface area contributed by atoms with E-state index in [4.69, 9.17) is 0 Å². The second-order valence-corrected chi connectivity index (χ2v) is 6.92. The standard InChI is InChI=1S/C14H27N3OS/c1-15-11-13(18)16-12-14(5-3-2-4-6-14)17-7-9-19-10-8-17/h15H,2-12H2,1H3,(H,16,18). The summed E-state index contributed by atoms with van der Waals surface area (Å²) in [7, 11) is 1.82. The van der Waals surface area contributed by atoms with E-state index in [1.165, 1.54) is 56.7 Å². The van der Waals surface area contributed by atoms with Crippen LogP contribution in [0.4, 0.5) is 0 Å². The van der Waals surface area contributed by atoms with Crippen LogP contribution in [0.3, 0.4) is 0 Å². The smallest absolute Gasteiger partial charge is 0.234 e. The number of thioether (sulfide) groups is 1. The van der Waals surface area contributed by atoms with Gasteiger partial charge in [-0.2, -0.15) is 11.8 Å². The number of hydrogen-bond donors (Lipinski definition) is 2. The van der Waals surface area contributed by atoms with Gasteiger partial charge in [0, 0.05) is 36.7 Å². The molecule has 0 spiro atoms. The monoisotopic (exact) mass is 285 g/mol. The minimum absolute atomic E-state index is 0.124. The van der Waals surface area contributed by atoms with E-state index in [1.807, 2.05) is 7.05 Å². The number of carbonyl (C=O) groups is 1. The summed E-state index contributed by atoms with van der Waals surface area (Å²) in [5.41, 5.74) is 0.239. The maximum Gasteiger partial charge on any atom is 0.234 e. The summed E-state index contributed by atoms with van der Waals surface area (Å²) in [5.74, 6) is 2.61. The molecule has 0 unspecified atom stereocenters. The first-order valence-electron chi connectivity index (χ1n) is 7.51. The van der Waals surface area contributed by atoms with Gasteiger partial charge in [0.15, 0.2) is 0 Å². The van der Waals surface area contributed by atoms with Gasteiger partial charge in [-0.25, -0.2) is 0 Å². The van der Waals surface area contributed by atoms with Crippen molar-refractivity contribution in [3.05, 3.63) is 0 Å². The molecule has 2 aliphatic rings. The van der Waals surface area contributed by atoms with Crippen LogP contribution in [-0.2, 0) is 4.79 Å². The first-order chi connectivity index (χ1) is 9.27. The zero-order chi connectivity index (χ0) is 13.6. The lowest BCUT2D eigenvalue weighted by Crippen LogP contribution is -2.59. The predicted molar refractivity (Wildman–Crippen MR) is 81.7 cm³/mol. The van der Waals surface area contributed by atoms with Crippen LogP contribution in [0.1, 0.15) is 32.1 Å². The SMILES string of the molecule is CNCC(=O)NCC1(N2CCSCC2)CCCCC1. The van der Waals surface area contributed by atoms with Gasteiger partial charge < -0.3 is 10.6 Å². The van der Waals surface area contributed by atoms with Crippen molar-refractivity contribution in [1.29, 1.82) is 0 Å². The van der Waals surface area contributed by atoms with Gasteiger partial charge in [0.05, 0.1) is 6.54 Å². The Morgan fingerprint density at radius 3 is 2.53 bits per heavy atom. The van der Waals surface area contributed by atoms with Crippen LogP contribution in [0.15, 0.2) is 0 Å². The molecule has 2 fully saturated rings. The van der Waals surface area contributed by atoms with Crippen LogP contribution in [0, 0.1) is 0 Å². The molecule has 1 amide bonds. The zero-order valence-electron chi connectivity index (χ0n) is 12.0. The maximum atomic E-state index is 11.7. The summed E-state index contributed by atoms with van der Waals surface area (Å²) < 4.78 is 0. The average Bonchev–Trinajstić information content (AvgIpc) is 2.47. The highest BCUT2D eigenvalue weighted by molar-refractivity contribution is 7.99. The summed E-state index contributed by atoms with van der Waals surface area (Å²) in [6.07, 6.45) is 6.47. The molecule has 2 N–H and O–H groups in total. The Bertz CT molecular complexity index is 286. The summed E-state index contributed by atoms with van der Waals surface area (Å²) in [6.45, 7) is 3.63. The Labute approximate surface area is 121 Å². The third-order valence-electron chi connectivity index (χ3n) is 4.42. The van der Waals surface area contributed by atoms with Crippen molar-refractivity contribution in [3.8, 4) is 0 Å². The van der Waals surface area contributed by atoms with Crippen LogP contribution >= 0.6 is 11.8 Å². The van der Waals surface area contributed by atoms with Gasteiger partial charge in [0.25, 0.3) is 0 Å². The van der Waals surface area contributed by atoms with E-state index in [-0.39, 0.29) is 11.4 Å². The molecule has 0 radical (unpaired) electrons. The van der Waals surface area contributed by atoms with Crippen LogP contribution < -0.4 is 10.6 Å². The van der Waals surface area contributed by atoms with Gasteiger partial charge in [-0.1, -0.05) is 19.3 Å². The molecular weight excluding hydrogens is 258 g/mol. The van der Waals surface area contributed by atoms with Crippen molar-refractivity contribution in [3.63, 3.8) is 0 Å². The van der Waals surface area contributed by atoms with Gasteiger partial charge in [-0.15, -0.1) is 0 Å². The Kier molecular flexibility index (Phi) is 5.98. The van der Waals surface area contributed by atoms with E-state index in [0.717, 1.165) is 6.54 Å². The minimum atomic E-state index is 0.124. The van der Waals surface area contributed by atoms with Crippen molar-refractivity contribution in [2.45, 2.75) is 37.6 Å². The molecule has 0 aromatic carbocycles. The van der Waals surface area contributed by atoms with Crippen molar-refractivity contribution < 1.29 is 4.79 Å². The summed E-state index contributed by atoms with van der Waals surface area (Å²) in [4.78, 5) is 14.4. The van der Waals surface area contributed by atoms with E-state index in [1.54, 1.807) is 0 Å². The van der Waals surface area contributed by atoms with Crippen LogP contribution in [0.5, 0.6) is 0 Å². The van der Waals surface area contributed by atoms with Crippen LogP contribution in [-0.4, -0.2) is 61.1 Å². The second kappa shape index (κ2) is 7.50. The minimum Gasteiger partial charge on any atom is -0.353 e. The predicted octanol–water partition coefficient (Wildman–Crippen LogP) is 1.07. The van der Waals surface area contributed by atoms with Gasteiger partial charge in [0.1, 0.15) is 0 Å². The van der Waals surface area contributed by atoms with Gasteiger partial charge in [0.2, 0.25) is 5.91 Å². The van der Waals surface area contributed by atoms with Crippen molar-refractivity contribution >= 4 is 17.7 Å². The van der Waals surface area contributed by atoms with Gasteiger partial charge >= 0.3 is 0 Å². The fraction of sp³-hybridized carbons (Fsp3) is 0.929. The zero-order valence-corrected chi connectivity index (χ0v) is 12.9. The Morgan fingerprint density at radius 2 is 1.89 bits per heavy atom. The molecule has 19 heavy (non-hydrogen) atoms. The van der Waals surface area contributed by atoms with E-state index in [9.17, 15) is 4.79 Å². The van der Waals surface area contributed by atoms with Crippen molar-refractivity contribution in [1.82, 2.24) is 15.5 Å². The molecule has 0 bridgehead atoms. The number of hydrogen-bond acceptors (Lipinski definition) is 4. The summed E-state index contributed by atoms with van der Waals surface area (Å²) in [5, 5.41) is 6.06. The molecule has 0 aromatic heterocycles. The topological polar surface area (TPSA) is 44.4 Å². The number of amides is 1. The molecule has 0 atom stereocenters. The first kappa shape index (κ1) is 15.1. The lowest BCUT2D eigenvalue weighted by atomic mass is 9.80. The highest BCUT2D eigenvalue weighted by Gasteiger charge is 2.38. The van der Waals surface area contributed by atoms with Crippen LogP contribution in [0.25, 0.3) is 0 Å². The quantitative estimate of drug-likeness (QED) is 0.793. The third-order valence-corrected chi connectivity index (χ3v) is 5.36. The largest absolute Gasteiger partial charge is 0.353 e. The maximum absolute atomic E-state index is 11.7. The highest BCUT2D eigenvalue weighted by atomic mass is 32.2. The molecule has 4 nitrogen and oxygen atoms in total. The van der Waals surface area contributed by atoms with Crippen molar-refractivity contribution in [2.75, 3.05) is 44.7 Å². The summed E-state index contributed by atoms with van der Waals surface area (Å²) >= 11 is 2.05. The lowest BCUT2D eigenvalue weighted by molar-refractivity contribution is -0.121. The van der Waals surface area contributed by atoms with E-state index >= 15 is 0 Å². The molecule has 5 heteroatoms. The second-order valence-electron chi connectivity index (χ2n) is 5.69. The number of carbonyl (C=O) groups excluding carboxylic acids is 1. The summed E-state index contributed by atoms with van der Waals surface area (Å²) in [6, 6.07) is 0. The molecule has 1 heterocycles. The van der Waals surface area contributed by atoms with Crippen molar-refractivity contribution in [2.24, 2.45) is 0 Å².